The first kappa shape index (κ1) is 22.3. The third-order valence-electron chi connectivity index (χ3n) is 6.03. The minimum atomic E-state index is -0.131. The molecule has 0 aromatic heterocycles. The normalized spacial score (nSPS) is 11.4. The van der Waals surface area contributed by atoms with Crippen LogP contribution in [0.3, 0.4) is 0 Å². The number of rotatable bonds is 4. The Morgan fingerprint density at radius 3 is 1.94 bits per heavy atom. The molecule has 0 fully saturated rings. The van der Waals surface area contributed by atoms with Crippen molar-refractivity contribution in [3.63, 3.8) is 0 Å². The number of carbonyl (C=O) groups is 1. The smallest absolute Gasteiger partial charge is 0.264 e. The van der Waals surface area contributed by atoms with Gasteiger partial charge < -0.3 is 0 Å². The number of carbonyl (C=O) groups excluding carboxylic acids is 1. The van der Waals surface area contributed by atoms with E-state index in [9.17, 15) is 4.79 Å². The maximum atomic E-state index is 14.1. The lowest BCUT2D eigenvalue weighted by Crippen LogP contribution is -2.37. The highest BCUT2D eigenvalue weighted by atomic mass is 16.2. The second kappa shape index (κ2) is 9.78. The van der Waals surface area contributed by atoms with Crippen LogP contribution in [0.4, 0.5) is 11.4 Å². The number of anilines is 1. The van der Waals surface area contributed by atoms with Gasteiger partial charge in [-0.1, -0.05) is 96.1 Å². The molecule has 5 aromatic rings. The van der Waals surface area contributed by atoms with Crippen LogP contribution in [0.25, 0.3) is 10.8 Å². The van der Waals surface area contributed by atoms with Gasteiger partial charge in [0.1, 0.15) is 5.84 Å². The summed E-state index contributed by atoms with van der Waals surface area (Å²) in [6, 6.07) is 39.8. The number of nitrogens with zero attached hydrogens (tertiary/aromatic N) is 2. The van der Waals surface area contributed by atoms with E-state index in [4.69, 9.17) is 4.99 Å². The van der Waals surface area contributed by atoms with Crippen LogP contribution in [0.5, 0.6) is 0 Å². The Labute approximate surface area is 206 Å². The Morgan fingerprint density at radius 1 is 0.629 bits per heavy atom. The predicted molar refractivity (Wildman–Crippen MR) is 146 cm³/mol. The molecule has 0 aliphatic rings. The van der Waals surface area contributed by atoms with Crippen molar-refractivity contribution in [3.05, 3.63) is 144 Å². The zero-order valence-electron chi connectivity index (χ0n) is 19.8. The van der Waals surface area contributed by atoms with Gasteiger partial charge in [-0.15, -0.1) is 0 Å². The van der Waals surface area contributed by atoms with Gasteiger partial charge in [-0.25, -0.2) is 4.99 Å². The van der Waals surface area contributed by atoms with Crippen LogP contribution >= 0.6 is 0 Å². The van der Waals surface area contributed by atoms with Gasteiger partial charge >= 0.3 is 0 Å². The Kier molecular flexibility index (Phi) is 6.23. The first-order valence-corrected chi connectivity index (χ1v) is 11.7. The van der Waals surface area contributed by atoms with E-state index in [1.165, 1.54) is 0 Å². The molecule has 0 saturated carbocycles. The molecule has 0 N–H and O–H groups in total. The molecule has 3 nitrogen and oxygen atoms in total. The maximum absolute atomic E-state index is 14.1. The number of benzene rings is 5. The van der Waals surface area contributed by atoms with Gasteiger partial charge in [0.2, 0.25) is 0 Å². The first-order chi connectivity index (χ1) is 17.1. The summed E-state index contributed by atoms with van der Waals surface area (Å²) < 4.78 is 0. The summed E-state index contributed by atoms with van der Waals surface area (Å²) in [7, 11) is 0. The van der Waals surface area contributed by atoms with Crippen LogP contribution in [-0.2, 0) is 0 Å². The summed E-state index contributed by atoms with van der Waals surface area (Å²) in [5, 5.41) is 2.14. The highest BCUT2D eigenvalue weighted by Crippen LogP contribution is 2.28. The van der Waals surface area contributed by atoms with E-state index in [-0.39, 0.29) is 5.91 Å². The molecule has 170 valence electrons. The van der Waals surface area contributed by atoms with Gasteiger partial charge in [-0.2, -0.15) is 0 Å². The summed E-state index contributed by atoms with van der Waals surface area (Å²) in [5.41, 5.74) is 5.34. The van der Waals surface area contributed by atoms with E-state index in [1.54, 1.807) is 4.90 Å². The summed E-state index contributed by atoms with van der Waals surface area (Å²) in [6.45, 7) is 4.09. The van der Waals surface area contributed by atoms with Gasteiger partial charge in [0.05, 0.1) is 11.4 Å². The molecule has 35 heavy (non-hydrogen) atoms. The van der Waals surface area contributed by atoms with Crippen molar-refractivity contribution in [1.82, 2.24) is 0 Å². The molecule has 0 atom stereocenters. The quantitative estimate of drug-likeness (QED) is 0.201. The number of hydrogen-bond acceptors (Lipinski definition) is 2. The van der Waals surface area contributed by atoms with E-state index in [1.807, 2.05) is 110 Å². The average Bonchev–Trinajstić information content (AvgIpc) is 2.90. The molecular weight excluding hydrogens is 428 g/mol. The number of aliphatic imine (C=N–C) groups is 1. The number of aryl methyl sites for hydroxylation is 2. The van der Waals surface area contributed by atoms with Gasteiger partial charge in [-0.3, -0.25) is 9.69 Å². The summed E-state index contributed by atoms with van der Waals surface area (Å²) in [4.78, 5) is 20.9. The summed E-state index contributed by atoms with van der Waals surface area (Å²) in [5.74, 6) is 0.455. The fourth-order valence-electron chi connectivity index (χ4n) is 4.13. The molecule has 3 heteroatoms. The molecular formula is C32H26N2O. The fraction of sp³-hybridized carbons (Fsp3) is 0.0625. The number of hydrogen-bond donors (Lipinski definition) is 0. The second-order valence-electron chi connectivity index (χ2n) is 8.64. The van der Waals surface area contributed by atoms with Gasteiger partial charge in [0.25, 0.3) is 5.91 Å². The maximum Gasteiger partial charge on any atom is 0.264 e. The zero-order valence-corrected chi connectivity index (χ0v) is 19.8. The molecule has 0 bridgehead atoms. The van der Waals surface area contributed by atoms with E-state index < -0.39 is 0 Å². The number of amidine groups is 1. The van der Waals surface area contributed by atoms with E-state index in [2.05, 4.69) is 25.1 Å². The second-order valence-corrected chi connectivity index (χ2v) is 8.64. The summed E-state index contributed by atoms with van der Waals surface area (Å²) >= 11 is 0. The van der Waals surface area contributed by atoms with Gasteiger partial charge in [0, 0.05) is 11.1 Å². The minimum Gasteiger partial charge on any atom is -0.268 e. The van der Waals surface area contributed by atoms with Crippen LogP contribution in [0.15, 0.2) is 126 Å². The lowest BCUT2D eigenvalue weighted by molar-refractivity contribution is 0.100. The Balaban J connectivity index is 1.79. The molecule has 5 aromatic carbocycles. The van der Waals surface area contributed by atoms with Gasteiger partial charge in [-0.05, 0) is 61.0 Å². The molecule has 0 spiro atoms. The Bertz CT molecular complexity index is 1500. The number of amides is 1. The van der Waals surface area contributed by atoms with E-state index in [0.717, 1.165) is 38.8 Å². The van der Waals surface area contributed by atoms with Crippen LogP contribution in [0.1, 0.15) is 27.0 Å². The zero-order chi connectivity index (χ0) is 24.2. The first-order valence-electron chi connectivity index (χ1n) is 11.7. The van der Waals surface area contributed by atoms with Crippen molar-refractivity contribution in [2.24, 2.45) is 4.99 Å². The number of fused-ring (bicyclic) bond motifs is 1. The molecule has 0 heterocycles. The molecule has 0 aliphatic carbocycles. The Morgan fingerprint density at radius 2 is 1.23 bits per heavy atom. The van der Waals surface area contributed by atoms with Gasteiger partial charge in [0.15, 0.2) is 0 Å². The van der Waals surface area contributed by atoms with Crippen molar-refractivity contribution in [2.75, 3.05) is 4.90 Å². The van der Waals surface area contributed by atoms with Crippen molar-refractivity contribution in [2.45, 2.75) is 13.8 Å². The van der Waals surface area contributed by atoms with Crippen molar-refractivity contribution >= 4 is 33.9 Å². The molecule has 0 unspecified atom stereocenters. The lowest BCUT2D eigenvalue weighted by atomic mass is 10.0. The molecule has 0 aliphatic heterocycles. The Hall–Kier alpha value is -4.50. The van der Waals surface area contributed by atoms with Crippen molar-refractivity contribution < 1.29 is 4.79 Å². The van der Waals surface area contributed by atoms with E-state index >= 15 is 0 Å². The average molecular weight is 455 g/mol. The highest BCUT2D eigenvalue weighted by molar-refractivity contribution is 6.30. The lowest BCUT2D eigenvalue weighted by Gasteiger charge is -2.26. The highest BCUT2D eigenvalue weighted by Gasteiger charge is 2.26. The molecule has 0 radical (unpaired) electrons. The third-order valence-corrected chi connectivity index (χ3v) is 6.03. The molecule has 5 rings (SSSR count). The standard InChI is InChI=1S/C32H26N2O/c1-23-15-19-27(20-16-23)33-31(30-14-8-12-25-9-6-7-13-29(25)30)34(28-21-17-24(2)18-22-28)32(35)26-10-4-3-5-11-26/h3-22H,1-2H3. The third kappa shape index (κ3) is 4.75. The SMILES string of the molecule is Cc1ccc(N=C(c2cccc3ccccc23)N(C(=O)c2ccccc2)c2ccc(C)cc2)cc1. The topological polar surface area (TPSA) is 32.7 Å². The van der Waals surface area contributed by atoms with Crippen LogP contribution < -0.4 is 4.90 Å². The van der Waals surface area contributed by atoms with Crippen LogP contribution in [-0.4, -0.2) is 11.7 Å². The molecule has 0 saturated heterocycles. The monoisotopic (exact) mass is 454 g/mol. The van der Waals surface area contributed by atoms with Crippen LogP contribution in [0, 0.1) is 13.8 Å². The fourth-order valence-corrected chi connectivity index (χ4v) is 4.13. The van der Waals surface area contributed by atoms with Crippen LogP contribution in [0.2, 0.25) is 0 Å². The largest absolute Gasteiger partial charge is 0.268 e. The van der Waals surface area contributed by atoms with Crippen molar-refractivity contribution in [3.8, 4) is 0 Å². The minimum absolute atomic E-state index is 0.131. The summed E-state index contributed by atoms with van der Waals surface area (Å²) in [6.07, 6.45) is 0. The van der Waals surface area contributed by atoms with Crippen molar-refractivity contribution in [1.29, 1.82) is 0 Å². The molecule has 1 amide bonds. The van der Waals surface area contributed by atoms with E-state index in [0.29, 0.717) is 11.4 Å². The predicted octanol–water partition coefficient (Wildman–Crippen LogP) is 7.88.